The standard InChI is InChI=1S/C20H17ClOS/c21-19-14-8-7-13-18(19)15-23(22)20(16-9-3-1-4-10-16)17-11-5-2-6-12-17/h1-14,20H,15H2. The lowest BCUT2D eigenvalue weighted by Gasteiger charge is -2.18. The van der Waals surface area contributed by atoms with E-state index in [1.54, 1.807) is 0 Å². The first-order valence-electron chi connectivity index (χ1n) is 7.46. The van der Waals surface area contributed by atoms with Gasteiger partial charge in [-0.15, -0.1) is 0 Å². The SMILES string of the molecule is O=S(Cc1ccccc1Cl)C(c1ccccc1)c1ccccc1. The molecule has 3 heteroatoms. The third-order valence-electron chi connectivity index (χ3n) is 3.72. The number of hydrogen-bond donors (Lipinski definition) is 0. The average molecular weight is 341 g/mol. The molecular weight excluding hydrogens is 324 g/mol. The zero-order valence-electron chi connectivity index (χ0n) is 12.6. The second-order valence-electron chi connectivity index (χ2n) is 5.32. The Morgan fingerprint density at radius 1 is 0.739 bits per heavy atom. The van der Waals surface area contributed by atoms with Gasteiger partial charge in [-0.05, 0) is 22.8 Å². The van der Waals surface area contributed by atoms with Gasteiger partial charge in [-0.3, -0.25) is 4.21 Å². The summed E-state index contributed by atoms with van der Waals surface area (Å²) in [6, 6.07) is 27.6. The van der Waals surface area contributed by atoms with Gasteiger partial charge < -0.3 is 0 Å². The minimum Gasteiger partial charge on any atom is -0.258 e. The maximum Gasteiger partial charge on any atom is 0.0850 e. The number of halogens is 1. The van der Waals surface area contributed by atoms with Gasteiger partial charge >= 0.3 is 0 Å². The van der Waals surface area contributed by atoms with E-state index in [1.165, 1.54) is 0 Å². The van der Waals surface area contributed by atoms with Crippen LogP contribution < -0.4 is 0 Å². The van der Waals surface area contributed by atoms with Gasteiger partial charge in [-0.2, -0.15) is 0 Å². The fraction of sp³-hybridized carbons (Fsp3) is 0.100. The van der Waals surface area contributed by atoms with Crippen LogP contribution in [-0.2, 0) is 16.6 Å². The molecular formula is C20H17ClOS. The molecule has 23 heavy (non-hydrogen) atoms. The number of hydrogen-bond acceptors (Lipinski definition) is 1. The Morgan fingerprint density at radius 3 is 1.74 bits per heavy atom. The average Bonchev–Trinajstić information content (AvgIpc) is 2.59. The normalized spacial score (nSPS) is 12.3. The van der Waals surface area contributed by atoms with Crippen molar-refractivity contribution in [3.63, 3.8) is 0 Å². The molecule has 0 aliphatic rings. The van der Waals surface area contributed by atoms with E-state index in [4.69, 9.17) is 11.6 Å². The summed E-state index contributed by atoms with van der Waals surface area (Å²) in [4.78, 5) is 0. The first-order chi connectivity index (χ1) is 11.3. The monoisotopic (exact) mass is 340 g/mol. The quantitative estimate of drug-likeness (QED) is 0.609. The molecule has 0 fully saturated rings. The van der Waals surface area contributed by atoms with E-state index >= 15 is 0 Å². The Labute approximate surface area is 144 Å². The molecule has 0 radical (unpaired) electrons. The third-order valence-corrected chi connectivity index (χ3v) is 5.76. The largest absolute Gasteiger partial charge is 0.258 e. The highest BCUT2D eigenvalue weighted by Crippen LogP contribution is 2.31. The zero-order valence-corrected chi connectivity index (χ0v) is 14.1. The van der Waals surface area contributed by atoms with E-state index in [0.717, 1.165) is 16.7 Å². The van der Waals surface area contributed by atoms with Crippen molar-refractivity contribution in [2.24, 2.45) is 0 Å². The highest BCUT2D eigenvalue weighted by molar-refractivity contribution is 7.84. The van der Waals surface area contributed by atoms with Gasteiger partial charge in [0.1, 0.15) is 0 Å². The molecule has 0 amide bonds. The molecule has 0 N–H and O–H groups in total. The first-order valence-corrected chi connectivity index (χ1v) is 9.22. The van der Waals surface area contributed by atoms with E-state index in [0.29, 0.717) is 10.8 Å². The predicted molar refractivity (Wildman–Crippen MR) is 98.0 cm³/mol. The lowest BCUT2D eigenvalue weighted by atomic mass is 10.0. The van der Waals surface area contributed by atoms with Gasteiger partial charge in [0.15, 0.2) is 0 Å². The number of rotatable bonds is 5. The maximum absolute atomic E-state index is 13.1. The molecule has 0 aromatic heterocycles. The fourth-order valence-corrected chi connectivity index (χ4v) is 4.53. The summed E-state index contributed by atoms with van der Waals surface area (Å²) in [5.41, 5.74) is 3.04. The van der Waals surface area contributed by atoms with Gasteiger partial charge in [0.2, 0.25) is 0 Å². The Kier molecular flexibility index (Phi) is 5.27. The molecule has 3 aromatic rings. The first kappa shape index (κ1) is 16.0. The maximum atomic E-state index is 13.1. The molecule has 1 nitrogen and oxygen atoms in total. The predicted octanol–water partition coefficient (Wildman–Crippen LogP) is 5.38. The summed E-state index contributed by atoms with van der Waals surface area (Å²) in [5.74, 6) is 0.439. The fourth-order valence-electron chi connectivity index (χ4n) is 2.60. The smallest absolute Gasteiger partial charge is 0.0850 e. The summed E-state index contributed by atoms with van der Waals surface area (Å²) < 4.78 is 13.1. The minimum atomic E-state index is -1.11. The van der Waals surface area contributed by atoms with Crippen molar-refractivity contribution in [2.75, 3.05) is 0 Å². The zero-order chi connectivity index (χ0) is 16.1. The summed E-state index contributed by atoms with van der Waals surface area (Å²) in [5, 5.41) is 0.509. The van der Waals surface area contributed by atoms with E-state index in [-0.39, 0.29) is 5.25 Å². The Morgan fingerprint density at radius 2 is 1.22 bits per heavy atom. The lowest BCUT2D eigenvalue weighted by Crippen LogP contribution is -2.10. The summed E-state index contributed by atoms with van der Waals surface area (Å²) >= 11 is 6.23. The van der Waals surface area contributed by atoms with Gasteiger partial charge in [-0.1, -0.05) is 90.5 Å². The Bertz CT molecular complexity index is 748. The van der Waals surface area contributed by atoms with Crippen LogP contribution in [0.15, 0.2) is 84.9 Å². The third kappa shape index (κ3) is 3.90. The van der Waals surface area contributed by atoms with Crippen LogP contribution in [0.3, 0.4) is 0 Å². The van der Waals surface area contributed by atoms with E-state index < -0.39 is 10.8 Å². The van der Waals surface area contributed by atoms with Crippen LogP contribution in [0.1, 0.15) is 21.9 Å². The molecule has 0 aliphatic carbocycles. The van der Waals surface area contributed by atoms with E-state index in [9.17, 15) is 4.21 Å². The van der Waals surface area contributed by atoms with Gasteiger partial charge in [0.05, 0.1) is 11.0 Å². The lowest BCUT2D eigenvalue weighted by molar-refractivity contribution is 0.677. The van der Waals surface area contributed by atoms with E-state index in [1.807, 2.05) is 84.9 Å². The molecule has 0 heterocycles. The molecule has 0 saturated carbocycles. The molecule has 3 rings (SSSR count). The van der Waals surface area contributed by atoms with Crippen LogP contribution in [-0.4, -0.2) is 4.21 Å². The van der Waals surface area contributed by atoms with Crippen LogP contribution in [0.5, 0.6) is 0 Å². The minimum absolute atomic E-state index is 0.159. The van der Waals surface area contributed by atoms with Crippen molar-refractivity contribution in [2.45, 2.75) is 11.0 Å². The van der Waals surface area contributed by atoms with Crippen LogP contribution in [0, 0.1) is 0 Å². The van der Waals surface area contributed by atoms with Crippen molar-refractivity contribution in [3.8, 4) is 0 Å². The van der Waals surface area contributed by atoms with Crippen molar-refractivity contribution < 1.29 is 4.21 Å². The second-order valence-corrected chi connectivity index (χ2v) is 7.25. The van der Waals surface area contributed by atoms with Crippen molar-refractivity contribution in [1.29, 1.82) is 0 Å². The van der Waals surface area contributed by atoms with Crippen LogP contribution in [0.2, 0.25) is 5.02 Å². The Hall–Kier alpha value is -1.90. The molecule has 0 bridgehead atoms. The molecule has 0 spiro atoms. The topological polar surface area (TPSA) is 17.1 Å². The second kappa shape index (κ2) is 7.58. The highest BCUT2D eigenvalue weighted by atomic mass is 35.5. The van der Waals surface area contributed by atoms with Crippen molar-refractivity contribution >= 4 is 22.4 Å². The Balaban J connectivity index is 1.96. The summed E-state index contributed by atoms with van der Waals surface area (Å²) in [6.07, 6.45) is 0. The molecule has 3 aromatic carbocycles. The van der Waals surface area contributed by atoms with Gasteiger partial charge in [0.25, 0.3) is 0 Å². The van der Waals surface area contributed by atoms with Crippen LogP contribution in [0.4, 0.5) is 0 Å². The van der Waals surface area contributed by atoms with Gasteiger partial charge in [0, 0.05) is 15.8 Å². The van der Waals surface area contributed by atoms with Gasteiger partial charge in [-0.25, -0.2) is 0 Å². The van der Waals surface area contributed by atoms with Crippen LogP contribution in [0.25, 0.3) is 0 Å². The van der Waals surface area contributed by atoms with Crippen LogP contribution >= 0.6 is 11.6 Å². The molecule has 1 unspecified atom stereocenters. The molecule has 0 aliphatic heterocycles. The molecule has 0 saturated heterocycles. The summed E-state index contributed by atoms with van der Waals surface area (Å²) in [7, 11) is -1.11. The molecule has 1 atom stereocenters. The van der Waals surface area contributed by atoms with Crippen molar-refractivity contribution in [1.82, 2.24) is 0 Å². The highest BCUT2D eigenvalue weighted by Gasteiger charge is 2.21. The van der Waals surface area contributed by atoms with E-state index in [2.05, 4.69) is 0 Å². The molecule has 116 valence electrons. The summed E-state index contributed by atoms with van der Waals surface area (Å²) in [6.45, 7) is 0. The number of benzene rings is 3. The van der Waals surface area contributed by atoms with Crippen molar-refractivity contribution in [3.05, 3.63) is 107 Å².